The largest absolute Gasteiger partial charge is 0.426 e. The van der Waals surface area contributed by atoms with Crippen LogP contribution in [0.3, 0.4) is 0 Å². The van der Waals surface area contributed by atoms with Gasteiger partial charge in [0.15, 0.2) is 0 Å². The van der Waals surface area contributed by atoms with Gasteiger partial charge in [0.25, 0.3) is 0 Å². The lowest BCUT2D eigenvalue weighted by Crippen LogP contribution is -2.30. The van der Waals surface area contributed by atoms with Gasteiger partial charge in [0.2, 0.25) is 0 Å². The molecule has 0 fully saturated rings. The number of para-hydroxylation sites is 2. The van der Waals surface area contributed by atoms with Crippen molar-refractivity contribution in [3.63, 3.8) is 0 Å². The zero-order valence-electron chi connectivity index (χ0n) is 23.2. The van der Waals surface area contributed by atoms with E-state index in [1.165, 1.54) is 5.56 Å². The van der Waals surface area contributed by atoms with Crippen molar-refractivity contribution in [2.24, 2.45) is 10.8 Å². The standard InChI is InChI=1S/C32H38O5S2/c1-31(2,29(33)36-27-11-7-5-8-12-27)19-21-38-23-25-15-17-26(18-16-25)24-39(35)22-20-32(3,4)30(34)37-28-13-9-6-10-14-28/h5-18H,19-24H2,1-4H3. The molecular formula is C32H38O5S2. The molecular weight excluding hydrogens is 528 g/mol. The van der Waals surface area contributed by atoms with Crippen LogP contribution in [0.25, 0.3) is 0 Å². The van der Waals surface area contributed by atoms with Crippen LogP contribution >= 0.6 is 11.8 Å². The Labute approximate surface area is 239 Å². The first-order valence-electron chi connectivity index (χ1n) is 13.1. The van der Waals surface area contributed by atoms with Crippen LogP contribution in [-0.2, 0) is 31.9 Å². The number of rotatable bonds is 14. The Morgan fingerprint density at radius 2 is 1.15 bits per heavy atom. The van der Waals surface area contributed by atoms with E-state index in [2.05, 4.69) is 12.1 Å². The summed E-state index contributed by atoms with van der Waals surface area (Å²) in [6.07, 6.45) is 1.20. The van der Waals surface area contributed by atoms with Crippen molar-refractivity contribution >= 4 is 34.5 Å². The molecule has 0 aliphatic heterocycles. The Balaban J connectivity index is 1.37. The van der Waals surface area contributed by atoms with E-state index < -0.39 is 21.6 Å². The molecule has 39 heavy (non-hydrogen) atoms. The van der Waals surface area contributed by atoms with Crippen molar-refractivity contribution in [1.29, 1.82) is 0 Å². The van der Waals surface area contributed by atoms with Crippen molar-refractivity contribution < 1.29 is 23.3 Å². The summed E-state index contributed by atoms with van der Waals surface area (Å²) in [6, 6.07) is 26.3. The molecule has 0 aliphatic rings. The van der Waals surface area contributed by atoms with Gasteiger partial charge < -0.3 is 9.47 Å². The van der Waals surface area contributed by atoms with E-state index >= 15 is 0 Å². The number of carbonyl (C=O) groups is 2. The summed E-state index contributed by atoms with van der Waals surface area (Å²) in [5.74, 6) is 3.11. The molecule has 0 radical (unpaired) electrons. The number of carbonyl (C=O) groups excluding carboxylic acids is 2. The quantitative estimate of drug-likeness (QED) is 0.117. The second kappa shape index (κ2) is 14.5. The average Bonchev–Trinajstić information content (AvgIpc) is 2.92. The van der Waals surface area contributed by atoms with Gasteiger partial charge in [-0.25, -0.2) is 0 Å². The van der Waals surface area contributed by atoms with Crippen LogP contribution in [0.5, 0.6) is 11.5 Å². The summed E-state index contributed by atoms with van der Waals surface area (Å²) in [5, 5.41) is 0. The molecule has 7 heteroatoms. The molecule has 1 unspecified atom stereocenters. The second-order valence-electron chi connectivity index (χ2n) is 10.8. The SMILES string of the molecule is CC(C)(CCSCc1ccc(CS(=O)CCC(C)(C)C(=O)Oc2ccccc2)cc1)C(=O)Oc1ccccc1. The Morgan fingerprint density at radius 3 is 1.67 bits per heavy atom. The molecule has 3 rings (SSSR count). The number of benzene rings is 3. The predicted octanol–water partition coefficient (Wildman–Crippen LogP) is 7.21. The van der Waals surface area contributed by atoms with Gasteiger partial charge in [-0.3, -0.25) is 13.8 Å². The highest BCUT2D eigenvalue weighted by Gasteiger charge is 2.31. The molecule has 0 aliphatic carbocycles. The summed E-state index contributed by atoms with van der Waals surface area (Å²) in [4.78, 5) is 25.1. The normalized spacial score (nSPS) is 12.5. The number of hydrogen-bond acceptors (Lipinski definition) is 6. The van der Waals surface area contributed by atoms with Crippen LogP contribution in [0, 0.1) is 10.8 Å². The van der Waals surface area contributed by atoms with E-state index in [0.717, 1.165) is 23.5 Å². The lowest BCUT2D eigenvalue weighted by Gasteiger charge is -2.22. The average molecular weight is 567 g/mol. The zero-order chi connectivity index (χ0) is 28.3. The molecule has 0 saturated heterocycles. The third-order valence-corrected chi connectivity index (χ3v) is 8.80. The van der Waals surface area contributed by atoms with E-state index in [4.69, 9.17) is 9.47 Å². The van der Waals surface area contributed by atoms with Crippen molar-refractivity contribution in [3.05, 3.63) is 96.1 Å². The van der Waals surface area contributed by atoms with E-state index in [-0.39, 0.29) is 11.9 Å². The van der Waals surface area contributed by atoms with Crippen LogP contribution in [0.4, 0.5) is 0 Å². The molecule has 208 valence electrons. The van der Waals surface area contributed by atoms with Gasteiger partial charge in [-0.05, 0) is 81.7 Å². The van der Waals surface area contributed by atoms with E-state index in [0.29, 0.717) is 29.4 Å². The number of thioether (sulfide) groups is 1. The molecule has 3 aromatic rings. The van der Waals surface area contributed by atoms with Gasteiger partial charge >= 0.3 is 11.9 Å². The van der Waals surface area contributed by atoms with Gasteiger partial charge in [-0.15, -0.1) is 0 Å². The Kier molecular flexibility index (Phi) is 11.4. The van der Waals surface area contributed by atoms with Crippen LogP contribution in [0.1, 0.15) is 51.7 Å². The van der Waals surface area contributed by atoms with E-state index in [1.807, 2.05) is 76.2 Å². The molecule has 1 atom stereocenters. The fraction of sp³-hybridized carbons (Fsp3) is 0.375. The molecule has 0 aromatic heterocycles. The van der Waals surface area contributed by atoms with Crippen LogP contribution in [-0.4, -0.2) is 27.7 Å². The minimum Gasteiger partial charge on any atom is -0.426 e. The minimum atomic E-state index is -1.08. The van der Waals surface area contributed by atoms with Crippen molar-refractivity contribution in [3.8, 4) is 11.5 Å². The molecule has 0 saturated carbocycles. The first-order valence-corrected chi connectivity index (χ1v) is 15.7. The maximum Gasteiger partial charge on any atom is 0.316 e. The molecule has 0 heterocycles. The van der Waals surface area contributed by atoms with E-state index in [1.54, 1.807) is 36.0 Å². The summed E-state index contributed by atoms with van der Waals surface area (Å²) in [7, 11) is -1.08. The molecule has 0 N–H and O–H groups in total. The lowest BCUT2D eigenvalue weighted by atomic mass is 9.90. The second-order valence-corrected chi connectivity index (χ2v) is 13.5. The first-order chi connectivity index (χ1) is 18.5. The van der Waals surface area contributed by atoms with Crippen LogP contribution < -0.4 is 9.47 Å². The predicted molar refractivity (Wildman–Crippen MR) is 160 cm³/mol. The molecule has 0 amide bonds. The zero-order valence-corrected chi connectivity index (χ0v) is 24.8. The number of ether oxygens (including phenoxy) is 2. The van der Waals surface area contributed by atoms with Crippen molar-refractivity contribution in [1.82, 2.24) is 0 Å². The van der Waals surface area contributed by atoms with E-state index in [9.17, 15) is 13.8 Å². The van der Waals surface area contributed by atoms with Crippen LogP contribution in [0.15, 0.2) is 84.9 Å². The summed E-state index contributed by atoms with van der Waals surface area (Å²) < 4.78 is 23.7. The third kappa shape index (κ3) is 10.3. The van der Waals surface area contributed by atoms with Crippen LogP contribution in [0.2, 0.25) is 0 Å². The molecule has 5 nitrogen and oxygen atoms in total. The van der Waals surface area contributed by atoms with Crippen molar-refractivity contribution in [2.75, 3.05) is 11.5 Å². The minimum absolute atomic E-state index is 0.219. The van der Waals surface area contributed by atoms with Gasteiger partial charge in [0.05, 0.1) is 10.8 Å². The molecule has 0 bridgehead atoms. The molecule has 3 aromatic carbocycles. The topological polar surface area (TPSA) is 69.7 Å². The maximum absolute atomic E-state index is 12.7. The highest BCUT2D eigenvalue weighted by molar-refractivity contribution is 7.98. The first kappa shape index (κ1) is 30.6. The monoisotopic (exact) mass is 566 g/mol. The summed E-state index contributed by atoms with van der Waals surface area (Å²) in [6.45, 7) is 7.49. The Hall–Kier alpha value is -2.90. The lowest BCUT2D eigenvalue weighted by molar-refractivity contribution is -0.144. The van der Waals surface area contributed by atoms with Gasteiger partial charge in [0, 0.05) is 28.1 Å². The van der Waals surface area contributed by atoms with Gasteiger partial charge in [-0.2, -0.15) is 11.8 Å². The molecule has 0 spiro atoms. The summed E-state index contributed by atoms with van der Waals surface area (Å²) >= 11 is 1.78. The third-order valence-electron chi connectivity index (χ3n) is 6.46. The number of hydrogen-bond donors (Lipinski definition) is 0. The fourth-order valence-electron chi connectivity index (χ4n) is 3.55. The van der Waals surface area contributed by atoms with Gasteiger partial charge in [-0.1, -0.05) is 60.7 Å². The summed E-state index contributed by atoms with van der Waals surface area (Å²) in [5.41, 5.74) is 0.906. The van der Waals surface area contributed by atoms with Crippen molar-refractivity contribution in [2.45, 2.75) is 52.0 Å². The maximum atomic E-state index is 12.7. The highest BCUT2D eigenvalue weighted by Crippen LogP contribution is 2.28. The highest BCUT2D eigenvalue weighted by atomic mass is 32.2. The smallest absolute Gasteiger partial charge is 0.316 e. The Morgan fingerprint density at radius 1 is 0.692 bits per heavy atom. The van der Waals surface area contributed by atoms with Gasteiger partial charge in [0.1, 0.15) is 11.5 Å². The Bertz CT molecular complexity index is 1220. The fourth-order valence-corrected chi connectivity index (χ4v) is 6.22. The number of esters is 2.